The molecular formula is C16H19BrN2. The third kappa shape index (κ3) is 3.66. The van der Waals surface area contributed by atoms with Crippen LogP contribution in [0.1, 0.15) is 29.7 Å². The minimum atomic E-state index is 0.129. The molecule has 2 nitrogen and oxygen atoms in total. The number of hydrogen-bond acceptors (Lipinski definition) is 2. The molecular weight excluding hydrogens is 300 g/mol. The maximum atomic E-state index is 5.71. The zero-order valence-corrected chi connectivity index (χ0v) is 12.7. The summed E-state index contributed by atoms with van der Waals surface area (Å²) < 4.78 is 1.13. The molecule has 19 heavy (non-hydrogen) atoms. The van der Waals surface area contributed by atoms with Crippen LogP contribution in [0.25, 0.3) is 0 Å². The highest BCUT2D eigenvalue weighted by Gasteiger charge is 2.12. The summed E-state index contributed by atoms with van der Waals surface area (Å²) in [5.74, 6) is 5.71. The van der Waals surface area contributed by atoms with Gasteiger partial charge in [0.2, 0.25) is 0 Å². The topological polar surface area (TPSA) is 38.0 Å². The molecule has 0 aliphatic rings. The van der Waals surface area contributed by atoms with E-state index in [2.05, 4.69) is 64.7 Å². The van der Waals surface area contributed by atoms with Crippen LogP contribution in [-0.4, -0.2) is 0 Å². The lowest BCUT2D eigenvalue weighted by Gasteiger charge is -2.17. The van der Waals surface area contributed by atoms with E-state index in [0.717, 1.165) is 17.3 Å². The standard InChI is InChI=1S/C16H19BrN2/c1-2-12-7-9-13(10-8-12)16(19-18)11-14-5-3-4-6-15(14)17/h3-10,16,19H,2,11,18H2,1H3. The summed E-state index contributed by atoms with van der Waals surface area (Å²) in [5.41, 5.74) is 6.73. The van der Waals surface area contributed by atoms with Gasteiger partial charge < -0.3 is 0 Å². The number of nitrogens with one attached hydrogen (secondary N) is 1. The van der Waals surface area contributed by atoms with Gasteiger partial charge in [-0.3, -0.25) is 11.3 Å². The van der Waals surface area contributed by atoms with Crippen LogP contribution in [0.5, 0.6) is 0 Å². The molecule has 0 heterocycles. The fourth-order valence-corrected chi connectivity index (χ4v) is 2.59. The van der Waals surface area contributed by atoms with Crippen LogP contribution >= 0.6 is 15.9 Å². The molecule has 100 valence electrons. The van der Waals surface area contributed by atoms with E-state index in [0.29, 0.717) is 0 Å². The van der Waals surface area contributed by atoms with Crippen molar-refractivity contribution < 1.29 is 0 Å². The number of rotatable bonds is 5. The van der Waals surface area contributed by atoms with E-state index in [9.17, 15) is 0 Å². The predicted octanol–water partition coefficient (Wildman–Crippen LogP) is 3.76. The average molecular weight is 319 g/mol. The Bertz CT molecular complexity index is 523. The first-order valence-electron chi connectivity index (χ1n) is 6.53. The van der Waals surface area contributed by atoms with Crippen molar-refractivity contribution in [3.63, 3.8) is 0 Å². The second-order valence-electron chi connectivity index (χ2n) is 4.61. The molecule has 1 atom stereocenters. The summed E-state index contributed by atoms with van der Waals surface area (Å²) in [4.78, 5) is 0. The van der Waals surface area contributed by atoms with E-state index in [1.54, 1.807) is 0 Å². The van der Waals surface area contributed by atoms with Gasteiger partial charge in [-0.05, 0) is 35.6 Å². The molecule has 0 radical (unpaired) electrons. The van der Waals surface area contributed by atoms with Gasteiger partial charge in [-0.1, -0.05) is 65.3 Å². The van der Waals surface area contributed by atoms with Crippen molar-refractivity contribution in [1.29, 1.82) is 0 Å². The molecule has 3 N–H and O–H groups in total. The Balaban J connectivity index is 2.17. The highest BCUT2D eigenvalue weighted by molar-refractivity contribution is 9.10. The van der Waals surface area contributed by atoms with Gasteiger partial charge in [-0.25, -0.2) is 0 Å². The number of halogens is 1. The molecule has 2 aromatic carbocycles. The minimum Gasteiger partial charge on any atom is -0.271 e. The Hall–Kier alpha value is -1.16. The summed E-state index contributed by atoms with van der Waals surface area (Å²) >= 11 is 3.58. The highest BCUT2D eigenvalue weighted by atomic mass is 79.9. The Morgan fingerprint density at radius 3 is 2.37 bits per heavy atom. The van der Waals surface area contributed by atoms with E-state index in [4.69, 9.17) is 5.84 Å². The van der Waals surface area contributed by atoms with Gasteiger partial charge in [-0.2, -0.15) is 0 Å². The Morgan fingerprint density at radius 1 is 1.11 bits per heavy atom. The van der Waals surface area contributed by atoms with E-state index in [-0.39, 0.29) is 6.04 Å². The zero-order valence-electron chi connectivity index (χ0n) is 11.1. The number of hydrazine groups is 1. The summed E-state index contributed by atoms with van der Waals surface area (Å²) in [6.45, 7) is 2.16. The predicted molar refractivity (Wildman–Crippen MR) is 83.7 cm³/mol. The van der Waals surface area contributed by atoms with Crippen LogP contribution in [-0.2, 0) is 12.8 Å². The maximum Gasteiger partial charge on any atom is 0.0500 e. The third-order valence-electron chi connectivity index (χ3n) is 3.37. The molecule has 1 unspecified atom stereocenters. The van der Waals surface area contributed by atoms with Crippen LogP contribution in [0.3, 0.4) is 0 Å². The fraction of sp³-hybridized carbons (Fsp3) is 0.250. The van der Waals surface area contributed by atoms with Crippen molar-refractivity contribution in [2.75, 3.05) is 0 Å². The highest BCUT2D eigenvalue weighted by Crippen LogP contribution is 2.23. The summed E-state index contributed by atoms with van der Waals surface area (Å²) in [6.07, 6.45) is 1.93. The molecule has 0 fully saturated rings. The van der Waals surface area contributed by atoms with Crippen LogP contribution < -0.4 is 11.3 Å². The van der Waals surface area contributed by atoms with E-state index in [1.807, 2.05) is 12.1 Å². The molecule has 0 bridgehead atoms. The lowest BCUT2D eigenvalue weighted by Crippen LogP contribution is -2.29. The molecule has 0 saturated heterocycles. The number of nitrogens with two attached hydrogens (primary N) is 1. The second-order valence-corrected chi connectivity index (χ2v) is 5.46. The first-order chi connectivity index (χ1) is 9.24. The second kappa shape index (κ2) is 6.85. The molecule has 0 amide bonds. The fourth-order valence-electron chi connectivity index (χ4n) is 2.14. The molecule has 2 aromatic rings. The van der Waals surface area contributed by atoms with Crippen LogP contribution in [0.15, 0.2) is 53.0 Å². The summed E-state index contributed by atoms with van der Waals surface area (Å²) in [7, 11) is 0. The number of hydrogen-bond donors (Lipinski definition) is 2. The summed E-state index contributed by atoms with van der Waals surface area (Å²) in [5, 5.41) is 0. The van der Waals surface area contributed by atoms with Crippen LogP contribution in [0.2, 0.25) is 0 Å². The zero-order chi connectivity index (χ0) is 13.7. The molecule has 0 aliphatic heterocycles. The van der Waals surface area contributed by atoms with Gasteiger partial charge >= 0.3 is 0 Å². The van der Waals surface area contributed by atoms with Crippen LogP contribution in [0, 0.1) is 0 Å². The largest absolute Gasteiger partial charge is 0.271 e. The first kappa shape index (κ1) is 14.3. The molecule has 0 aromatic heterocycles. The number of aryl methyl sites for hydroxylation is 1. The summed E-state index contributed by atoms with van der Waals surface area (Å²) in [6, 6.07) is 17.0. The van der Waals surface area contributed by atoms with E-state index in [1.165, 1.54) is 16.7 Å². The van der Waals surface area contributed by atoms with Crippen molar-refractivity contribution in [2.24, 2.45) is 5.84 Å². The Morgan fingerprint density at radius 2 is 1.79 bits per heavy atom. The molecule has 2 rings (SSSR count). The molecule has 0 spiro atoms. The third-order valence-corrected chi connectivity index (χ3v) is 4.15. The van der Waals surface area contributed by atoms with Gasteiger partial charge in [0, 0.05) is 4.47 Å². The average Bonchev–Trinajstić information content (AvgIpc) is 2.47. The van der Waals surface area contributed by atoms with Crippen molar-refractivity contribution in [3.8, 4) is 0 Å². The van der Waals surface area contributed by atoms with Gasteiger partial charge in [0.25, 0.3) is 0 Å². The Labute approximate surface area is 123 Å². The van der Waals surface area contributed by atoms with E-state index < -0.39 is 0 Å². The quantitative estimate of drug-likeness (QED) is 0.650. The monoisotopic (exact) mass is 318 g/mol. The minimum absolute atomic E-state index is 0.129. The smallest absolute Gasteiger partial charge is 0.0500 e. The van der Waals surface area contributed by atoms with Gasteiger partial charge in [-0.15, -0.1) is 0 Å². The van der Waals surface area contributed by atoms with Gasteiger partial charge in [0.1, 0.15) is 0 Å². The molecule has 3 heteroatoms. The van der Waals surface area contributed by atoms with Crippen LogP contribution in [0.4, 0.5) is 0 Å². The SMILES string of the molecule is CCc1ccc(C(Cc2ccccc2Br)NN)cc1. The lowest BCUT2D eigenvalue weighted by molar-refractivity contribution is 0.551. The first-order valence-corrected chi connectivity index (χ1v) is 7.32. The number of benzene rings is 2. The van der Waals surface area contributed by atoms with Crippen molar-refractivity contribution in [3.05, 3.63) is 69.7 Å². The normalized spacial score (nSPS) is 12.4. The van der Waals surface area contributed by atoms with Crippen molar-refractivity contribution in [1.82, 2.24) is 5.43 Å². The lowest BCUT2D eigenvalue weighted by atomic mass is 9.98. The van der Waals surface area contributed by atoms with Crippen molar-refractivity contribution >= 4 is 15.9 Å². The van der Waals surface area contributed by atoms with Gasteiger partial charge in [0.15, 0.2) is 0 Å². The van der Waals surface area contributed by atoms with Gasteiger partial charge in [0.05, 0.1) is 6.04 Å². The van der Waals surface area contributed by atoms with E-state index >= 15 is 0 Å². The maximum absolute atomic E-state index is 5.71. The molecule has 0 aliphatic carbocycles. The molecule has 0 saturated carbocycles. The Kier molecular flexibility index (Phi) is 5.14. The van der Waals surface area contributed by atoms with Crippen molar-refractivity contribution in [2.45, 2.75) is 25.8 Å².